The lowest BCUT2D eigenvalue weighted by Gasteiger charge is -2.27. The summed E-state index contributed by atoms with van der Waals surface area (Å²) >= 11 is 0. The third-order valence-corrected chi connectivity index (χ3v) is 12.2. The molecule has 10 heteroatoms. The molecule has 0 atom stereocenters. The fourth-order valence-corrected chi connectivity index (χ4v) is 9.71. The molecule has 13 rings (SSSR count). The Morgan fingerprint density at radius 3 is 1.11 bits per heavy atom. The minimum Gasteiger partial charge on any atom is -0.332 e. The Labute approximate surface area is 323 Å². The van der Waals surface area contributed by atoms with E-state index in [1.807, 2.05) is 36.4 Å². The molecule has 0 unspecified atom stereocenters. The standard InChI is InChI=1S/C24H9BN2O4.C23H13NO2/c25-27-23(30)15-7-3-11-9-1-5-13-19-14(22(29)26-21(13)28)6-2-10(17(9)19)12-4-8-16(24(27)31)20(15)18(11)12;1-24-22(25)17-10-8-15-13-6-2-4-12-5-3-7-14(19(12)13)16-9-11-18(23(24)26)21(17)20(15)16/h1-8H,(H,26,28,29);2-11H,1H3/i/hD. The van der Waals surface area contributed by atoms with Gasteiger partial charge in [0, 0.05) is 56.6 Å². The molecule has 0 fully saturated rings. The van der Waals surface area contributed by atoms with Gasteiger partial charge < -0.3 is 4.81 Å². The van der Waals surface area contributed by atoms with Gasteiger partial charge >= 0.3 is 0 Å². The Kier molecular flexibility index (Phi) is 5.65. The predicted octanol–water partition coefficient (Wildman–Crippen LogP) is 8.26. The quantitative estimate of drug-likeness (QED) is 0.0725. The van der Waals surface area contributed by atoms with E-state index in [2.05, 4.69) is 36.4 Å². The van der Waals surface area contributed by atoms with E-state index in [0.717, 1.165) is 64.6 Å². The Hall–Kier alpha value is -7.72. The van der Waals surface area contributed by atoms with Crippen LogP contribution in [0.25, 0.3) is 86.2 Å². The minimum atomic E-state index is -0.665. The second-order valence-corrected chi connectivity index (χ2v) is 14.8. The monoisotopic (exact) mass is 736 g/mol. The van der Waals surface area contributed by atoms with Crippen molar-refractivity contribution in [1.82, 2.24) is 15.0 Å². The molecule has 0 spiro atoms. The molecule has 3 heterocycles. The second-order valence-electron chi connectivity index (χ2n) is 14.8. The van der Waals surface area contributed by atoms with Crippen molar-refractivity contribution in [2.45, 2.75) is 0 Å². The van der Waals surface area contributed by atoms with E-state index in [1.54, 1.807) is 43.4 Å². The van der Waals surface area contributed by atoms with Gasteiger partial charge in [-0.15, -0.1) is 0 Å². The molecule has 0 bridgehead atoms. The SMILES string of the molecule is CN1C(=O)c2ccc3c4cccc5cccc(c6ccc(c2c36)C1=O)c54.[2H]N1C(=O)c2ccc3c4ccc5c6c(ccc(c7ccc(c2c37)C1=O)c64)C(=O)N([B])C5=O. The van der Waals surface area contributed by atoms with E-state index >= 15 is 0 Å². The molecule has 6 amide bonds. The number of carbonyl (C=O) groups excluding carboxylic acids is 6. The van der Waals surface area contributed by atoms with Crippen molar-refractivity contribution in [2.75, 3.05) is 7.05 Å². The predicted molar refractivity (Wildman–Crippen MR) is 220 cm³/mol. The molecule has 10 aromatic carbocycles. The molecule has 10 aromatic rings. The fourth-order valence-electron chi connectivity index (χ4n) is 9.71. The highest BCUT2D eigenvalue weighted by molar-refractivity contribution is 6.44. The van der Waals surface area contributed by atoms with Crippen LogP contribution in [0.2, 0.25) is 1.41 Å². The molecule has 3 aliphatic heterocycles. The number of nitrogens with zero attached hydrogens (tertiary/aromatic N) is 2. The van der Waals surface area contributed by atoms with Gasteiger partial charge in [-0.05, 0) is 106 Å². The zero-order chi connectivity index (χ0) is 39.6. The average Bonchev–Trinajstić information content (AvgIpc) is 3.25. The molecule has 3 aliphatic rings. The summed E-state index contributed by atoms with van der Waals surface area (Å²) in [6.45, 7) is 0. The van der Waals surface area contributed by atoms with Crippen molar-refractivity contribution in [3.63, 3.8) is 0 Å². The van der Waals surface area contributed by atoms with Crippen molar-refractivity contribution in [3.05, 3.63) is 143 Å². The van der Waals surface area contributed by atoms with E-state index in [9.17, 15) is 28.8 Å². The lowest BCUT2D eigenvalue weighted by molar-refractivity contribution is 0.0647. The van der Waals surface area contributed by atoms with Gasteiger partial charge in [0.15, 0.2) is 1.41 Å². The van der Waals surface area contributed by atoms with Crippen molar-refractivity contribution >= 4 is 130 Å². The fraction of sp³-hybridized carbons (Fsp3) is 0.0213. The molecule has 0 saturated heterocycles. The molecular formula is C47H22BN3O6. The Morgan fingerprint density at radius 2 is 0.719 bits per heavy atom. The summed E-state index contributed by atoms with van der Waals surface area (Å²) < 4.78 is 7.84. The van der Waals surface area contributed by atoms with Crippen LogP contribution in [0.1, 0.15) is 62.1 Å². The molecular weight excluding hydrogens is 713 g/mol. The number of hydrogen-bond acceptors (Lipinski definition) is 6. The number of carbonyl (C=O) groups is 6. The van der Waals surface area contributed by atoms with E-state index in [4.69, 9.17) is 9.39 Å². The van der Waals surface area contributed by atoms with Crippen LogP contribution in [0.15, 0.2) is 109 Å². The lowest BCUT2D eigenvalue weighted by atomic mass is 9.82. The molecule has 2 radical (unpaired) electrons. The first-order valence-corrected chi connectivity index (χ1v) is 18.2. The third-order valence-electron chi connectivity index (χ3n) is 12.2. The van der Waals surface area contributed by atoms with Crippen LogP contribution in [-0.2, 0) is 0 Å². The summed E-state index contributed by atoms with van der Waals surface area (Å²) in [5, 5.41) is 14.9. The number of imide groups is 3. The number of benzene rings is 10. The van der Waals surface area contributed by atoms with Crippen LogP contribution in [0.5, 0.6) is 0 Å². The highest BCUT2D eigenvalue weighted by Crippen LogP contribution is 2.46. The summed E-state index contributed by atoms with van der Waals surface area (Å²) in [6.07, 6.45) is 0. The maximum absolute atomic E-state index is 12.7. The smallest absolute Gasteiger partial charge is 0.261 e. The molecule has 0 aromatic heterocycles. The van der Waals surface area contributed by atoms with Crippen molar-refractivity contribution in [1.29, 1.82) is 0 Å². The average molecular weight is 737 g/mol. The van der Waals surface area contributed by atoms with Gasteiger partial charge in [0.1, 0.15) is 0 Å². The Balaban J connectivity index is 0.000000129. The number of rotatable bonds is 0. The van der Waals surface area contributed by atoms with Gasteiger partial charge in [0.2, 0.25) is 19.8 Å². The zero-order valence-corrected chi connectivity index (χ0v) is 29.8. The molecule has 1 N–H and O–H groups in total. The number of hydrogen-bond donors (Lipinski definition) is 1. The summed E-state index contributed by atoms with van der Waals surface area (Å²) in [7, 11) is 7.26. The second kappa shape index (κ2) is 10.5. The summed E-state index contributed by atoms with van der Waals surface area (Å²) in [6, 6.07) is 34.2. The van der Waals surface area contributed by atoms with Crippen LogP contribution in [0.3, 0.4) is 0 Å². The largest absolute Gasteiger partial charge is 0.332 e. The van der Waals surface area contributed by atoms with Crippen LogP contribution in [0, 0.1) is 0 Å². The van der Waals surface area contributed by atoms with Crippen LogP contribution in [0.4, 0.5) is 0 Å². The maximum Gasteiger partial charge on any atom is 0.261 e. The van der Waals surface area contributed by atoms with E-state index < -0.39 is 23.6 Å². The van der Waals surface area contributed by atoms with Gasteiger partial charge in [0.25, 0.3) is 23.6 Å². The van der Waals surface area contributed by atoms with Crippen LogP contribution >= 0.6 is 0 Å². The van der Waals surface area contributed by atoms with Crippen LogP contribution in [-0.4, -0.2) is 60.2 Å². The minimum absolute atomic E-state index is 0.233. The first kappa shape index (κ1) is 30.6. The number of nitrogens with one attached hydrogen (secondary N) is 1. The lowest BCUT2D eigenvalue weighted by Crippen LogP contribution is -2.38. The highest BCUT2D eigenvalue weighted by atomic mass is 16.2. The molecule has 264 valence electrons. The summed E-state index contributed by atoms with van der Waals surface area (Å²) in [5.41, 5.74) is 2.52. The Morgan fingerprint density at radius 1 is 0.404 bits per heavy atom. The van der Waals surface area contributed by atoms with Crippen molar-refractivity contribution < 1.29 is 30.2 Å². The number of fused-ring (bicyclic) bond motifs is 4. The normalized spacial score (nSPS) is 15.5. The molecule has 0 aliphatic carbocycles. The molecule has 0 saturated carbocycles. The third kappa shape index (κ3) is 3.74. The van der Waals surface area contributed by atoms with Gasteiger partial charge in [0.05, 0.1) is 0 Å². The van der Waals surface area contributed by atoms with Gasteiger partial charge in [-0.1, -0.05) is 72.8 Å². The first-order chi connectivity index (χ1) is 28.1. The first-order valence-electron chi connectivity index (χ1n) is 18.7. The van der Waals surface area contributed by atoms with Gasteiger partial charge in [-0.2, -0.15) is 0 Å². The molecule has 9 nitrogen and oxygen atoms in total. The van der Waals surface area contributed by atoms with Gasteiger partial charge in [-0.3, -0.25) is 39.0 Å². The number of amides is 6. The summed E-state index contributed by atoms with van der Waals surface area (Å²) in [5.74, 6) is -2.92. The summed E-state index contributed by atoms with van der Waals surface area (Å²) in [4.78, 5) is 77.9. The maximum atomic E-state index is 12.7. The van der Waals surface area contributed by atoms with Crippen molar-refractivity contribution in [3.8, 4) is 0 Å². The van der Waals surface area contributed by atoms with E-state index in [1.165, 1.54) is 15.7 Å². The van der Waals surface area contributed by atoms with E-state index in [0.29, 0.717) is 54.3 Å². The van der Waals surface area contributed by atoms with E-state index in [-0.39, 0.29) is 11.8 Å². The zero-order valence-electron chi connectivity index (χ0n) is 30.8. The molecule has 57 heavy (non-hydrogen) atoms. The van der Waals surface area contributed by atoms with Crippen molar-refractivity contribution in [2.24, 2.45) is 0 Å². The highest BCUT2D eigenvalue weighted by Gasteiger charge is 2.34. The Bertz CT molecular complexity index is 3360. The van der Waals surface area contributed by atoms with Gasteiger partial charge in [-0.25, -0.2) is 0 Å². The van der Waals surface area contributed by atoms with Crippen LogP contribution < -0.4 is 5.31 Å². The topological polar surface area (TPSA) is 121 Å².